The molecule has 0 aromatic heterocycles. The zero-order valence-electron chi connectivity index (χ0n) is 13.8. The molecule has 0 fully saturated rings. The highest BCUT2D eigenvalue weighted by molar-refractivity contribution is 6.31. The molecule has 0 spiro atoms. The van der Waals surface area contributed by atoms with Crippen LogP contribution in [0.25, 0.3) is 0 Å². The third-order valence-electron chi connectivity index (χ3n) is 3.53. The molecule has 1 aromatic carbocycles. The summed E-state index contributed by atoms with van der Waals surface area (Å²) < 4.78 is 5.16. The summed E-state index contributed by atoms with van der Waals surface area (Å²) in [6, 6.07) is 4.59. The number of halogens is 1. The summed E-state index contributed by atoms with van der Waals surface area (Å²) >= 11 is 5.98. The van der Waals surface area contributed by atoms with Gasteiger partial charge in [0.1, 0.15) is 5.60 Å². The van der Waals surface area contributed by atoms with Gasteiger partial charge in [-0.05, 0) is 39.0 Å². The number of carbonyl (C=O) groups excluding carboxylic acids is 2. The van der Waals surface area contributed by atoms with Crippen molar-refractivity contribution in [1.82, 2.24) is 5.32 Å². The van der Waals surface area contributed by atoms with Gasteiger partial charge >= 0.3 is 6.09 Å². The zero-order chi connectivity index (χ0) is 18.3. The number of nitro groups is 1. The summed E-state index contributed by atoms with van der Waals surface area (Å²) in [5, 5.41) is 13.9. The Kier molecular flexibility index (Phi) is 4.45. The molecule has 1 atom stereocenters. The Morgan fingerprint density at radius 2 is 2.08 bits per heavy atom. The molecule has 0 radical (unpaired) electrons. The maximum Gasteiger partial charge on any atom is 0.408 e. The van der Waals surface area contributed by atoms with Gasteiger partial charge in [-0.15, -0.1) is 0 Å². The first-order valence-electron chi connectivity index (χ1n) is 7.17. The molecule has 1 heterocycles. The molecule has 2 amide bonds. The van der Waals surface area contributed by atoms with Gasteiger partial charge in [0, 0.05) is 28.2 Å². The highest BCUT2D eigenvalue weighted by Gasteiger charge is 2.55. The highest BCUT2D eigenvalue weighted by Crippen LogP contribution is 2.41. The average Bonchev–Trinajstić information content (AvgIpc) is 2.58. The summed E-state index contributed by atoms with van der Waals surface area (Å²) in [5.41, 5.74) is -1.96. The van der Waals surface area contributed by atoms with E-state index in [1.807, 2.05) is 0 Å². The number of carbonyl (C=O) groups is 2. The van der Waals surface area contributed by atoms with E-state index in [4.69, 9.17) is 16.3 Å². The van der Waals surface area contributed by atoms with Gasteiger partial charge in [0.25, 0.3) is 5.91 Å². The maximum absolute atomic E-state index is 12.7. The van der Waals surface area contributed by atoms with Gasteiger partial charge in [0.05, 0.1) is 0 Å². The molecule has 130 valence electrons. The van der Waals surface area contributed by atoms with E-state index in [1.165, 1.54) is 18.0 Å². The number of benzene rings is 1. The van der Waals surface area contributed by atoms with Crippen molar-refractivity contribution in [2.24, 2.45) is 0 Å². The van der Waals surface area contributed by atoms with Crippen LogP contribution < -0.4 is 10.2 Å². The smallest absolute Gasteiger partial charge is 0.408 e. The number of hydrogen-bond donors (Lipinski definition) is 1. The second-order valence-corrected chi connectivity index (χ2v) is 6.99. The Hall–Kier alpha value is -2.35. The molecule has 9 heteroatoms. The van der Waals surface area contributed by atoms with Crippen molar-refractivity contribution >= 4 is 29.3 Å². The molecular weight excluding hydrogens is 338 g/mol. The lowest BCUT2D eigenvalue weighted by atomic mass is 9.91. The molecule has 0 saturated carbocycles. The Morgan fingerprint density at radius 1 is 1.46 bits per heavy atom. The standard InChI is InChI=1S/C15H18ClN3O5/c1-14(2,3)24-13(21)17-15(8-19(22)23)10-7-9(16)5-6-11(10)18(4)12(15)20/h5-7H,8H2,1-4H3,(H,17,21). The molecule has 2 rings (SSSR count). The minimum Gasteiger partial charge on any atom is -0.444 e. The summed E-state index contributed by atoms with van der Waals surface area (Å²) in [7, 11) is 1.48. The number of nitrogens with zero attached hydrogens (tertiary/aromatic N) is 2. The van der Waals surface area contributed by atoms with Crippen molar-refractivity contribution in [2.75, 3.05) is 18.5 Å². The zero-order valence-corrected chi connectivity index (χ0v) is 14.5. The van der Waals surface area contributed by atoms with Gasteiger partial charge < -0.3 is 9.64 Å². The van der Waals surface area contributed by atoms with E-state index < -0.39 is 34.6 Å². The molecule has 1 unspecified atom stereocenters. The van der Waals surface area contributed by atoms with Gasteiger partial charge in [-0.3, -0.25) is 20.2 Å². The van der Waals surface area contributed by atoms with Gasteiger partial charge in [0.2, 0.25) is 12.1 Å². The number of ether oxygens (including phenoxy) is 1. The van der Waals surface area contributed by atoms with Crippen molar-refractivity contribution in [3.05, 3.63) is 38.9 Å². The maximum atomic E-state index is 12.7. The van der Waals surface area contributed by atoms with Gasteiger partial charge in [0.15, 0.2) is 0 Å². The normalized spacial score (nSPS) is 19.9. The van der Waals surface area contributed by atoms with Crippen LogP contribution in [0.4, 0.5) is 10.5 Å². The van der Waals surface area contributed by atoms with Crippen LogP contribution in [0.1, 0.15) is 26.3 Å². The van der Waals surface area contributed by atoms with Crippen molar-refractivity contribution in [3.8, 4) is 0 Å². The number of anilines is 1. The lowest BCUT2D eigenvalue weighted by Crippen LogP contribution is -2.57. The van der Waals surface area contributed by atoms with E-state index in [1.54, 1.807) is 32.9 Å². The van der Waals surface area contributed by atoms with E-state index >= 15 is 0 Å². The van der Waals surface area contributed by atoms with Crippen LogP contribution in [0.2, 0.25) is 5.02 Å². The van der Waals surface area contributed by atoms with Crippen LogP contribution in [0, 0.1) is 10.1 Å². The first-order valence-corrected chi connectivity index (χ1v) is 7.55. The molecule has 0 aliphatic carbocycles. The minimum absolute atomic E-state index is 0.269. The second-order valence-electron chi connectivity index (χ2n) is 6.55. The molecular formula is C15H18ClN3O5. The summed E-state index contributed by atoms with van der Waals surface area (Å²) in [6.07, 6.45) is -0.918. The van der Waals surface area contributed by atoms with Crippen molar-refractivity contribution in [1.29, 1.82) is 0 Å². The molecule has 1 aromatic rings. The van der Waals surface area contributed by atoms with E-state index in [9.17, 15) is 19.7 Å². The number of alkyl carbamates (subject to hydrolysis) is 1. The van der Waals surface area contributed by atoms with Crippen LogP contribution >= 0.6 is 11.6 Å². The van der Waals surface area contributed by atoms with Crippen LogP contribution in [-0.4, -0.2) is 36.1 Å². The monoisotopic (exact) mass is 355 g/mol. The summed E-state index contributed by atoms with van der Waals surface area (Å²) in [4.78, 5) is 36.7. The number of nitrogens with one attached hydrogen (secondary N) is 1. The van der Waals surface area contributed by atoms with E-state index in [-0.39, 0.29) is 5.56 Å². The Bertz CT molecular complexity index is 716. The van der Waals surface area contributed by atoms with Crippen LogP contribution in [0.3, 0.4) is 0 Å². The summed E-state index contributed by atoms with van der Waals surface area (Å²) in [6.45, 7) is 4.14. The number of rotatable bonds is 3. The fraction of sp³-hybridized carbons (Fsp3) is 0.467. The fourth-order valence-corrected chi connectivity index (χ4v) is 2.81. The quantitative estimate of drug-likeness (QED) is 0.662. The third-order valence-corrected chi connectivity index (χ3v) is 3.77. The second kappa shape index (κ2) is 5.94. The average molecular weight is 356 g/mol. The highest BCUT2D eigenvalue weighted by atomic mass is 35.5. The Morgan fingerprint density at radius 3 is 2.62 bits per heavy atom. The van der Waals surface area contributed by atoms with Crippen molar-refractivity contribution in [2.45, 2.75) is 31.9 Å². The van der Waals surface area contributed by atoms with Crippen molar-refractivity contribution < 1.29 is 19.2 Å². The lowest BCUT2D eigenvalue weighted by molar-refractivity contribution is -0.488. The number of likely N-dealkylation sites (N-methyl/N-ethyl adjacent to an activating group) is 1. The van der Waals surface area contributed by atoms with Gasteiger partial charge in [-0.2, -0.15) is 0 Å². The first kappa shape index (κ1) is 18.0. The van der Waals surface area contributed by atoms with E-state index in [0.717, 1.165) is 0 Å². The van der Waals surface area contributed by atoms with Crippen LogP contribution in [0.15, 0.2) is 18.2 Å². The number of fused-ring (bicyclic) bond motifs is 1. The molecule has 1 aliphatic rings. The Balaban J connectivity index is 2.52. The summed E-state index contributed by atoms with van der Waals surface area (Å²) in [5.74, 6) is -0.623. The SMILES string of the molecule is CN1C(=O)C(C[N+](=O)[O-])(NC(=O)OC(C)(C)C)c2cc(Cl)ccc21. The van der Waals surface area contributed by atoms with Gasteiger partial charge in [-0.25, -0.2) is 4.79 Å². The third kappa shape index (κ3) is 3.28. The number of hydrogen-bond acceptors (Lipinski definition) is 5. The predicted molar refractivity (Wildman–Crippen MR) is 87.8 cm³/mol. The van der Waals surface area contributed by atoms with E-state index in [0.29, 0.717) is 10.7 Å². The topological polar surface area (TPSA) is 102 Å². The molecule has 0 saturated heterocycles. The molecule has 1 aliphatic heterocycles. The van der Waals surface area contributed by atoms with Gasteiger partial charge in [-0.1, -0.05) is 11.6 Å². The number of amides is 2. The molecule has 24 heavy (non-hydrogen) atoms. The Labute approximate surface area is 143 Å². The van der Waals surface area contributed by atoms with Crippen LogP contribution in [0.5, 0.6) is 0 Å². The van der Waals surface area contributed by atoms with Crippen molar-refractivity contribution in [3.63, 3.8) is 0 Å². The molecule has 1 N–H and O–H groups in total. The van der Waals surface area contributed by atoms with Crippen LogP contribution in [-0.2, 0) is 15.1 Å². The molecule has 8 nitrogen and oxygen atoms in total. The lowest BCUT2D eigenvalue weighted by Gasteiger charge is -2.27. The fourth-order valence-electron chi connectivity index (χ4n) is 2.64. The van der Waals surface area contributed by atoms with E-state index in [2.05, 4.69) is 5.32 Å². The molecule has 0 bridgehead atoms. The first-order chi connectivity index (χ1) is 11.0. The largest absolute Gasteiger partial charge is 0.444 e. The predicted octanol–water partition coefficient (Wildman–Crippen LogP) is 2.31. The minimum atomic E-state index is -1.86.